The van der Waals surface area contributed by atoms with Crippen LogP contribution in [-0.2, 0) is 0 Å². The second kappa shape index (κ2) is 6.16. The summed E-state index contributed by atoms with van der Waals surface area (Å²) in [6, 6.07) is 12.9. The van der Waals surface area contributed by atoms with E-state index in [4.69, 9.17) is 4.74 Å². The fourth-order valence-electron chi connectivity index (χ4n) is 3.06. The molecule has 1 aliphatic rings. The molecule has 5 heteroatoms. The van der Waals surface area contributed by atoms with Gasteiger partial charge in [0.05, 0.1) is 15.9 Å². The van der Waals surface area contributed by atoms with Crippen LogP contribution in [0, 0.1) is 5.82 Å². The lowest BCUT2D eigenvalue weighted by molar-refractivity contribution is 0.164. The number of nitrogens with zero attached hydrogens (tertiary/aromatic N) is 2. The predicted molar refractivity (Wildman–Crippen MR) is 91.9 cm³/mol. The van der Waals surface area contributed by atoms with Crippen LogP contribution in [0.15, 0.2) is 48.0 Å². The number of rotatable bonds is 3. The minimum Gasteiger partial charge on any atom is -0.487 e. The molecule has 3 nitrogen and oxygen atoms in total. The van der Waals surface area contributed by atoms with E-state index < -0.39 is 0 Å². The van der Waals surface area contributed by atoms with E-state index in [1.54, 1.807) is 29.5 Å². The van der Waals surface area contributed by atoms with Crippen molar-refractivity contribution >= 4 is 27.2 Å². The molecule has 4 rings (SSSR count). The summed E-state index contributed by atoms with van der Waals surface area (Å²) in [5, 5.41) is 0. The van der Waals surface area contributed by atoms with Gasteiger partial charge in [0.1, 0.15) is 11.6 Å². The largest absolute Gasteiger partial charge is 0.487 e. The van der Waals surface area contributed by atoms with Crippen molar-refractivity contribution in [2.24, 2.45) is 0 Å². The summed E-state index contributed by atoms with van der Waals surface area (Å²) in [5.41, 5.74) is 4.15. The molecule has 118 valence electrons. The van der Waals surface area contributed by atoms with Gasteiger partial charge in [-0.2, -0.15) is 0 Å². The third-order valence-corrected chi connectivity index (χ3v) is 5.05. The summed E-state index contributed by atoms with van der Waals surface area (Å²) in [6.07, 6.45) is 1.83. The van der Waals surface area contributed by atoms with Gasteiger partial charge in [-0.25, -0.2) is 9.37 Å². The van der Waals surface area contributed by atoms with Crippen molar-refractivity contribution in [3.05, 3.63) is 53.8 Å². The minimum atomic E-state index is -0.290. The van der Waals surface area contributed by atoms with Crippen LogP contribution in [0.2, 0.25) is 0 Å². The number of aromatic nitrogens is 1. The highest BCUT2D eigenvalue weighted by Gasteiger charge is 2.23. The van der Waals surface area contributed by atoms with Gasteiger partial charge in [0.25, 0.3) is 0 Å². The maximum absolute atomic E-state index is 13.7. The first-order valence-corrected chi connectivity index (χ1v) is 8.67. The topological polar surface area (TPSA) is 25.4 Å². The monoisotopic (exact) mass is 328 g/mol. The molecule has 3 aromatic rings. The van der Waals surface area contributed by atoms with E-state index in [9.17, 15) is 4.39 Å². The molecule has 0 aliphatic carbocycles. The Balaban J connectivity index is 1.45. The zero-order valence-electron chi connectivity index (χ0n) is 12.6. The van der Waals surface area contributed by atoms with Crippen LogP contribution in [0.4, 0.5) is 10.1 Å². The molecule has 1 aliphatic heterocycles. The lowest BCUT2D eigenvalue weighted by Crippen LogP contribution is -2.38. The van der Waals surface area contributed by atoms with Gasteiger partial charge in [0.2, 0.25) is 0 Å². The van der Waals surface area contributed by atoms with Crippen LogP contribution in [0.25, 0.3) is 10.2 Å². The van der Waals surface area contributed by atoms with Crippen molar-refractivity contribution < 1.29 is 9.13 Å². The van der Waals surface area contributed by atoms with Gasteiger partial charge < -0.3 is 9.64 Å². The second-order valence-corrected chi connectivity index (χ2v) is 6.60. The first-order valence-electron chi connectivity index (χ1n) is 7.79. The molecule has 0 bridgehead atoms. The molecule has 0 radical (unpaired) electrons. The van der Waals surface area contributed by atoms with Gasteiger partial charge >= 0.3 is 0 Å². The third kappa shape index (κ3) is 2.88. The Kier molecular flexibility index (Phi) is 3.87. The van der Waals surface area contributed by atoms with Crippen LogP contribution in [0.3, 0.4) is 0 Å². The first-order chi connectivity index (χ1) is 11.3. The molecule has 1 fully saturated rings. The van der Waals surface area contributed by atoms with Gasteiger partial charge in [-0.15, -0.1) is 11.3 Å². The number of benzene rings is 2. The number of hydrogen-bond donors (Lipinski definition) is 0. The van der Waals surface area contributed by atoms with Gasteiger partial charge in [-0.05, 0) is 24.3 Å². The highest BCUT2D eigenvalue weighted by Crippen LogP contribution is 2.31. The maximum Gasteiger partial charge on any atom is 0.165 e. The number of anilines is 1. The van der Waals surface area contributed by atoms with Crippen LogP contribution >= 0.6 is 11.3 Å². The maximum atomic E-state index is 13.7. The van der Waals surface area contributed by atoms with E-state index in [0.717, 1.165) is 31.4 Å². The molecule has 2 heterocycles. The summed E-state index contributed by atoms with van der Waals surface area (Å²) in [7, 11) is 0. The normalized spacial score (nSPS) is 16.0. The SMILES string of the molecule is Fc1ccccc1OC1CCN(c2cccc3scnc23)CC1. The van der Waals surface area contributed by atoms with Gasteiger partial charge in [-0.1, -0.05) is 18.2 Å². The summed E-state index contributed by atoms with van der Waals surface area (Å²) >= 11 is 1.67. The highest BCUT2D eigenvalue weighted by molar-refractivity contribution is 7.16. The fourth-order valence-corrected chi connectivity index (χ4v) is 3.76. The number of hydrogen-bond acceptors (Lipinski definition) is 4. The minimum absolute atomic E-state index is 0.0674. The molecule has 0 amide bonds. The Morgan fingerprint density at radius 3 is 2.74 bits per heavy atom. The summed E-state index contributed by atoms with van der Waals surface area (Å²) in [4.78, 5) is 6.84. The molecule has 0 unspecified atom stereocenters. The smallest absolute Gasteiger partial charge is 0.165 e. The molecule has 0 N–H and O–H groups in total. The summed E-state index contributed by atoms with van der Waals surface area (Å²) in [5.74, 6) is 0.0646. The van der Waals surface area contributed by atoms with Gasteiger partial charge in [0, 0.05) is 25.9 Å². The molecular weight excluding hydrogens is 311 g/mol. The Bertz CT molecular complexity index is 811. The van der Waals surface area contributed by atoms with Crippen LogP contribution < -0.4 is 9.64 Å². The van der Waals surface area contributed by atoms with Crippen LogP contribution in [0.1, 0.15) is 12.8 Å². The number of ether oxygens (including phenoxy) is 1. The third-order valence-electron chi connectivity index (χ3n) is 4.25. The Labute approximate surface area is 138 Å². The van der Waals surface area contributed by atoms with Crippen molar-refractivity contribution in [1.82, 2.24) is 4.98 Å². The average molecular weight is 328 g/mol. The van der Waals surface area contributed by atoms with Crippen molar-refractivity contribution in [3.63, 3.8) is 0 Å². The van der Waals surface area contributed by atoms with Crippen LogP contribution in [0.5, 0.6) is 5.75 Å². The van der Waals surface area contributed by atoms with Gasteiger partial charge in [0.15, 0.2) is 11.6 Å². The number of para-hydroxylation sites is 2. The average Bonchev–Trinajstić information content (AvgIpc) is 3.06. The molecule has 0 spiro atoms. The summed E-state index contributed by atoms with van der Waals surface area (Å²) in [6.45, 7) is 1.80. The van der Waals surface area contributed by atoms with Gasteiger partial charge in [-0.3, -0.25) is 0 Å². The standard InChI is InChI=1S/C18H17FN2OS/c19-14-4-1-2-6-16(14)22-13-8-10-21(11-9-13)15-5-3-7-17-18(15)20-12-23-17/h1-7,12-13H,8-11H2. The first kappa shape index (κ1) is 14.5. The Morgan fingerprint density at radius 2 is 1.91 bits per heavy atom. The lowest BCUT2D eigenvalue weighted by atomic mass is 10.1. The molecule has 23 heavy (non-hydrogen) atoms. The summed E-state index contributed by atoms with van der Waals surface area (Å²) < 4.78 is 20.7. The molecule has 0 saturated carbocycles. The Hall–Kier alpha value is -2.14. The van der Waals surface area contributed by atoms with Crippen molar-refractivity contribution in [1.29, 1.82) is 0 Å². The molecule has 2 aromatic carbocycles. The van der Waals surface area contributed by atoms with Crippen molar-refractivity contribution in [3.8, 4) is 5.75 Å². The number of halogens is 1. The van der Waals surface area contributed by atoms with Crippen LogP contribution in [-0.4, -0.2) is 24.2 Å². The Morgan fingerprint density at radius 1 is 1.09 bits per heavy atom. The van der Waals surface area contributed by atoms with E-state index in [1.165, 1.54) is 16.5 Å². The van der Waals surface area contributed by atoms with E-state index in [0.29, 0.717) is 5.75 Å². The zero-order valence-corrected chi connectivity index (χ0v) is 13.4. The molecule has 1 saturated heterocycles. The van der Waals surface area contributed by atoms with Crippen molar-refractivity contribution in [2.45, 2.75) is 18.9 Å². The van der Waals surface area contributed by atoms with E-state index in [-0.39, 0.29) is 11.9 Å². The quantitative estimate of drug-likeness (QED) is 0.709. The fraction of sp³-hybridized carbons (Fsp3) is 0.278. The van der Waals surface area contributed by atoms with E-state index >= 15 is 0 Å². The molecule has 0 atom stereocenters. The number of thiazole rings is 1. The van der Waals surface area contributed by atoms with E-state index in [1.807, 2.05) is 5.51 Å². The number of piperidine rings is 1. The van der Waals surface area contributed by atoms with E-state index in [2.05, 4.69) is 28.1 Å². The second-order valence-electron chi connectivity index (χ2n) is 5.71. The molecule has 1 aromatic heterocycles. The number of fused-ring (bicyclic) bond motifs is 1. The molecular formula is C18H17FN2OS. The lowest BCUT2D eigenvalue weighted by Gasteiger charge is -2.33. The zero-order chi connectivity index (χ0) is 15.6. The van der Waals surface area contributed by atoms with Crippen molar-refractivity contribution in [2.75, 3.05) is 18.0 Å². The predicted octanol–water partition coefficient (Wildman–Crippen LogP) is 4.48. The highest BCUT2D eigenvalue weighted by atomic mass is 32.1.